The zero-order valence-corrected chi connectivity index (χ0v) is 7.52. The third-order valence-electron chi connectivity index (χ3n) is 0.1000. The van der Waals surface area contributed by atoms with E-state index in [2.05, 4.69) is 0 Å². The van der Waals surface area contributed by atoms with E-state index in [0.29, 0.717) is 0 Å². The third-order valence-corrected chi connectivity index (χ3v) is 0.1000. The van der Waals surface area contributed by atoms with Gasteiger partial charge in [-0.3, -0.25) is 0 Å². The molecule has 0 rings (SSSR count). The summed E-state index contributed by atoms with van der Waals surface area (Å²) in [5.41, 5.74) is 0. The molecule has 0 aliphatic rings. The Morgan fingerprint density at radius 1 is 0.750 bits per heavy atom. The molecule has 0 heterocycles. The molecule has 0 aliphatic carbocycles. The topological polar surface area (TPSA) is 130 Å². The number of hydrogen-bond acceptors (Lipinski definition) is 5. The summed E-state index contributed by atoms with van der Waals surface area (Å²) in [5, 5.41) is 15.2. The summed E-state index contributed by atoms with van der Waals surface area (Å²) in [6.45, 7) is -0.250. The van der Waals surface area contributed by atoms with Gasteiger partial charge in [-0.2, -0.15) is 0 Å². The first-order valence-corrected chi connectivity index (χ1v) is 1.13. The molecule has 0 aromatic carbocycles. The van der Waals surface area contributed by atoms with E-state index in [1.807, 2.05) is 0 Å². The summed E-state index contributed by atoms with van der Waals surface area (Å²) >= 11 is 0. The van der Waals surface area contributed by atoms with Crippen molar-refractivity contribution in [2.45, 2.75) is 0 Å². The zero-order chi connectivity index (χ0) is 3.41. The molecular weight excluding hydrogens is 219 g/mol. The summed E-state index contributed by atoms with van der Waals surface area (Å²) in [6, 6.07) is 0. The van der Waals surface area contributed by atoms with Crippen LogP contribution in [0.25, 0.3) is 0 Å². The Bertz CT molecular complexity index is 12.4. The number of aliphatic hydroxyl groups is 2. The van der Waals surface area contributed by atoms with Crippen LogP contribution in [0.15, 0.2) is 0 Å². The number of rotatable bonds is 1. The van der Waals surface area contributed by atoms with Crippen LogP contribution in [0.2, 0.25) is 0 Å². The van der Waals surface area contributed by atoms with Crippen molar-refractivity contribution < 1.29 is 26.6 Å². The van der Waals surface area contributed by atoms with Gasteiger partial charge in [0.15, 0.2) is 0 Å². The summed E-state index contributed by atoms with van der Waals surface area (Å²) < 4.78 is 0. The van der Waals surface area contributed by atoms with E-state index in [-0.39, 0.29) is 55.5 Å². The normalized spacial score (nSPS) is 3.75. The first kappa shape index (κ1) is 37.9. The Balaban J connectivity index is -0.00000000750. The van der Waals surface area contributed by atoms with Gasteiger partial charge in [0.2, 0.25) is 0 Å². The van der Waals surface area contributed by atoms with Crippen LogP contribution in [-0.4, -0.2) is 65.7 Å². The molecule has 0 amide bonds. The molecule has 8 heavy (non-hydrogen) atoms. The van der Waals surface area contributed by atoms with E-state index >= 15 is 0 Å². The van der Waals surface area contributed by atoms with E-state index in [0.717, 1.165) is 0 Å². The average molecular weight is 228 g/mol. The van der Waals surface area contributed by atoms with Gasteiger partial charge in [-0.25, -0.2) is 0 Å². The minimum atomic E-state index is -0.125. The van der Waals surface area contributed by atoms with Crippen LogP contribution in [-0.2, 0) is 0 Å². The van der Waals surface area contributed by atoms with E-state index in [1.54, 1.807) is 0 Å². The van der Waals surface area contributed by atoms with Crippen LogP contribution in [0.3, 0.4) is 0 Å². The molecule has 0 bridgehead atoms. The average Bonchev–Trinajstić information content (AvgIpc) is 1.37. The minimum absolute atomic E-state index is 0. The van der Waals surface area contributed by atoms with Crippen molar-refractivity contribution in [3.63, 3.8) is 0 Å². The van der Waals surface area contributed by atoms with Crippen LogP contribution in [0, 0.1) is 0 Å². The van der Waals surface area contributed by atoms with E-state index in [9.17, 15) is 0 Å². The molecule has 0 radical (unpaired) electrons. The molecule has 0 unspecified atom stereocenters. The Morgan fingerprint density at radius 2 is 0.875 bits per heavy atom. The van der Waals surface area contributed by atoms with Gasteiger partial charge in [-0.15, -0.1) is 0 Å². The monoisotopic (exact) mass is 228 g/mol. The molecule has 0 spiro atoms. The van der Waals surface area contributed by atoms with Crippen LogP contribution < -0.4 is 0 Å². The van der Waals surface area contributed by atoms with Gasteiger partial charge >= 0.3 is 25.8 Å². The molecule has 0 aromatic heterocycles. The molecule has 6 heteroatoms. The Morgan fingerprint density at radius 3 is 0.875 bits per heavy atom. The predicted octanol–water partition coefficient (Wildman–Crippen LogP) is -1.94. The molecule has 0 aliphatic heterocycles. The second-order valence-electron chi connectivity index (χ2n) is 0.447. The van der Waals surface area contributed by atoms with Gasteiger partial charge in [0, 0.05) is 0 Å². The molecule has 0 aromatic rings. The largest absolute Gasteiger partial charge is 3.00 e. The smallest absolute Gasteiger partial charge is 0.870 e. The van der Waals surface area contributed by atoms with Gasteiger partial charge < -0.3 is 26.6 Å². The minimum Gasteiger partial charge on any atom is -0.870 e. The van der Waals surface area contributed by atoms with Gasteiger partial charge in [-0.05, 0) is 0 Å². The van der Waals surface area contributed by atoms with Crippen LogP contribution in [0.4, 0.5) is 0 Å². The molecule has 0 fully saturated rings. The van der Waals surface area contributed by atoms with Crippen LogP contribution in [0.5, 0.6) is 0 Å². The Labute approximate surface area is 66.0 Å². The van der Waals surface area contributed by atoms with E-state index < -0.39 is 0 Å². The van der Waals surface area contributed by atoms with Crippen LogP contribution in [0.1, 0.15) is 0 Å². The SMILES string of the molecule is OCCO.[In+3].[OH-].[OH-].[OH-]. The summed E-state index contributed by atoms with van der Waals surface area (Å²) in [5.74, 6) is 0. The van der Waals surface area contributed by atoms with Gasteiger partial charge in [0.05, 0.1) is 13.2 Å². The third kappa shape index (κ3) is 76.9. The van der Waals surface area contributed by atoms with Crippen molar-refractivity contribution in [3.8, 4) is 0 Å². The van der Waals surface area contributed by atoms with Gasteiger partial charge in [0.1, 0.15) is 0 Å². The van der Waals surface area contributed by atoms with E-state index in [4.69, 9.17) is 10.2 Å². The maximum absolute atomic E-state index is 7.62. The van der Waals surface area contributed by atoms with Crippen molar-refractivity contribution in [3.05, 3.63) is 0 Å². The van der Waals surface area contributed by atoms with Crippen molar-refractivity contribution in [1.82, 2.24) is 0 Å². The predicted molar refractivity (Wildman–Crippen MR) is 25.7 cm³/mol. The quantitative estimate of drug-likeness (QED) is 0.538. The first-order chi connectivity index (χ1) is 1.91. The standard InChI is InChI=1S/C2H6O2.In.3H2O/c3-1-2-4;;;;/h3-4H,1-2H2;;3*1H2/q;+3;;;/p-3. The maximum Gasteiger partial charge on any atom is 3.00 e. The molecule has 50 valence electrons. The van der Waals surface area contributed by atoms with Gasteiger partial charge in [-0.1, -0.05) is 0 Å². The fourth-order valence-electron chi connectivity index (χ4n) is 0. The first-order valence-electron chi connectivity index (χ1n) is 1.13. The van der Waals surface area contributed by atoms with E-state index in [1.165, 1.54) is 0 Å². The molecule has 0 saturated carbocycles. The van der Waals surface area contributed by atoms with Crippen molar-refractivity contribution in [2.24, 2.45) is 0 Å². The van der Waals surface area contributed by atoms with Crippen molar-refractivity contribution in [2.75, 3.05) is 13.2 Å². The molecule has 5 nitrogen and oxygen atoms in total. The number of aliphatic hydroxyl groups excluding tert-OH is 2. The second kappa shape index (κ2) is 47.9. The van der Waals surface area contributed by atoms with Crippen molar-refractivity contribution in [1.29, 1.82) is 0 Å². The maximum atomic E-state index is 7.62. The number of hydrogen-bond donors (Lipinski definition) is 2. The fraction of sp³-hybridized carbons (Fsp3) is 1.00. The summed E-state index contributed by atoms with van der Waals surface area (Å²) in [4.78, 5) is 0. The van der Waals surface area contributed by atoms with Crippen LogP contribution >= 0.6 is 0 Å². The second-order valence-corrected chi connectivity index (χ2v) is 0.447. The van der Waals surface area contributed by atoms with Crippen molar-refractivity contribution >= 4 is 25.8 Å². The zero-order valence-electron chi connectivity index (χ0n) is 4.23. The Hall–Kier alpha value is 0.670. The molecule has 5 N–H and O–H groups in total. The Kier molecular flexibility index (Phi) is 227. The van der Waals surface area contributed by atoms with Gasteiger partial charge in [0.25, 0.3) is 0 Å². The summed E-state index contributed by atoms with van der Waals surface area (Å²) in [6.07, 6.45) is 0. The summed E-state index contributed by atoms with van der Waals surface area (Å²) in [7, 11) is 0. The molecular formula is C2H9InO5. The fourth-order valence-corrected chi connectivity index (χ4v) is 0. The molecule has 0 atom stereocenters. The molecule has 0 saturated heterocycles.